The molecule has 1 aromatic heterocycles. The molecule has 3 atom stereocenters. The van der Waals surface area contributed by atoms with Crippen molar-refractivity contribution in [3.05, 3.63) is 59.9 Å². The lowest BCUT2D eigenvalue weighted by Gasteiger charge is -2.35. The van der Waals surface area contributed by atoms with Gasteiger partial charge in [-0.25, -0.2) is 9.37 Å². The van der Waals surface area contributed by atoms with Crippen LogP contribution in [-0.4, -0.2) is 38.3 Å². The van der Waals surface area contributed by atoms with Crippen molar-refractivity contribution in [2.24, 2.45) is 0 Å². The molecule has 3 heterocycles. The molecule has 2 aliphatic heterocycles. The molecule has 4 rings (SSSR count). The Morgan fingerprint density at radius 1 is 1.33 bits per heavy atom. The maximum atomic E-state index is 14.6. The van der Waals surface area contributed by atoms with Gasteiger partial charge in [-0.15, -0.1) is 0 Å². The predicted octanol–water partition coefficient (Wildman–Crippen LogP) is 2.63. The number of nitrogens with one attached hydrogen (secondary N) is 1. The molecule has 0 aliphatic carbocycles. The van der Waals surface area contributed by atoms with Crippen molar-refractivity contribution in [2.75, 3.05) is 0 Å². The van der Waals surface area contributed by atoms with Crippen molar-refractivity contribution < 1.29 is 14.0 Å². The maximum Gasteiger partial charge on any atom is 0.274 e. The molecule has 0 spiro atoms. The van der Waals surface area contributed by atoms with Gasteiger partial charge in [-0.05, 0) is 32.3 Å². The minimum atomic E-state index is -0.613. The second-order valence-electron chi connectivity index (χ2n) is 7.42. The molecular formula is C20H21FN4O2. The van der Waals surface area contributed by atoms with E-state index >= 15 is 0 Å². The largest absolute Gasteiger partial charge is 0.349 e. The first-order valence-electron chi connectivity index (χ1n) is 9.14. The van der Waals surface area contributed by atoms with E-state index < -0.39 is 11.6 Å². The van der Waals surface area contributed by atoms with Gasteiger partial charge in [0, 0.05) is 24.4 Å². The number of fused-ring (bicyclic) bond motifs is 1. The number of hydrogen-bond acceptors (Lipinski definition) is 4. The summed E-state index contributed by atoms with van der Waals surface area (Å²) in [4.78, 5) is 35.3. The van der Waals surface area contributed by atoms with Gasteiger partial charge in [-0.3, -0.25) is 14.6 Å². The van der Waals surface area contributed by atoms with Crippen molar-refractivity contribution in [1.29, 1.82) is 0 Å². The van der Waals surface area contributed by atoms with Crippen molar-refractivity contribution in [1.82, 2.24) is 20.2 Å². The smallest absolute Gasteiger partial charge is 0.274 e. The minimum absolute atomic E-state index is 0.0268. The van der Waals surface area contributed by atoms with Gasteiger partial charge in [0.2, 0.25) is 5.91 Å². The molecule has 7 heteroatoms. The molecule has 6 nitrogen and oxygen atoms in total. The lowest BCUT2D eigenvalue weighted by Crippen LogP contribution is -2.54. The zero-order valence-corrected chi connectivity index (χ0v) is 15.1. The van der Waals surface area contributed by atoms with Crippen LogP contribution in [0.2, 0.25) is 0 Å². The Morgan fingerprint density at radius 3 is 2.89 bits per heavy atom. The molecule has 0 bridgehead atoms. The summed E-state index contributed by atoms with van der Waals surface area (Å²) >= 11 is 0. The Labute approximate surface area is 156 Å². The topological polar surface area (TPSA) is 75.2 Å². The zero-order valence-electron chi connectivity index (χ0n) is 15.1. The minimum Gasteiger partial charge on any atom is -0.349 e. The van der Waals surface area contributed by atoms with Gasteiger partial charge >= 0.3 is 0 Å². The van der Waals surface area contributed by atoms with Gasteiger partial charge in [0.15, 0.2) is 0 Å². The monoisotopic (exact) mass is 368 g/mol. The van der Waals surface area contributed by atoms with E-state index in [9.17, 15) is 14.0 Å². The second-order valence-corrected chi connectivity index (χ2v) is 7.42. The normalized spacial score (nSPS) is 27.6. The van der Waals surface area contributed by atoms with Crippen LogP contribution in [0, 0.1) is 5.82 Å². The van der Waals surface area contributed by atoms with Gasteiger partial charge in [-0.2, -0.15) is 0 Å². The molecule has 140 valence electrons. The van der Waals surface area contributed by atoms with Crippen molar-refractivity contribution in [2.45, 2.75) is 50.2 Å². The number of hydrogen-bond donors (Lipinski definition) is 1. The number of nitrogens with zero attached hydrogens (tertiary/aromatic N) is 3. The van der Waals surface area contributed by atoms with Crippen LogP contribution in [0.5, 0.6) is 0 Å². The number of likely N-dealkylation sites (tertiary alicyclic amines) is 1. The van der Waals surface area contributed by atoms with Crippen LogP contribution >= 0.6 is 0 Å². The Balaban J connectivity index is 1.80. The van der Waals surface area contributed by atoms with E-state index in [1.165, 1.54) is 24.7 Å². The Morgan fingerprint density at radius 2 is 2.15 bits per heavy atom. The number of halogens is 1. The third-order valence-electron chi connectivity index (χ3n) is 5.61. The Kier molecular flexibility index (Phi) is 4.37. The standard InChI is InChI=1S/C20H21FN4O2/c1-20-11-16(13-5-2-3-6-14(13)21)25(17(20)7-4-8-18(26)24-20)19(27)15-12-22-9-10-23-15/h2-3,5-6,9-10,12,16-17H,4,7-8,11H2,1H3,(H,24,26)/t16-,17-,20-/m0/s1. The molecule has 2 aliphatic rings. The lowest BCUT2D eigenvalue weighted by molar-refractivity contribution is -0.122. The third kappa shape index (κ3) is 3.07. The molecule has 2 aromatic rings. The first-order chi connectivity index (χ1) is 13.0. The number of carbonyl (C=O) groups is 2. The van der Waals surface area contributed by atoms with Crippen LogP contribution in [-0.2, 0) is 4.79 Å². The predicted molar refractivity (Wildman–Crippen MR) is 96.1 cm³/mol. The molecule has 2 fully saturated rings. The summed E-state index contributed by atoms with van der Waals surface area (Å²) in [7, 11) is 0. The van der Waals surface area contributed by atoms with Crippen LogP contribution in [0.4, 0.5) is 4.39 Å². The van der Waals surface area contributed by atoms with E-state index in [-0.39, 0.29) is 29.4 Å². The van der Waals surface area contributed by atoms with E-state index in [0.29, 0.717) is 31.2 Å². The first-order valence-corrected chi connectivity index (χ1v) is 9.14. The number of carbonyl (C=O) groups excluding carboxylic acids is 2. The summed E-state index contributed by atoms with van der Waals surface area (Å²) in [6.07, 6.45) is 6.64. The summed E-state index contributed by atoms with van der Waals surface area (Å²) in [5.41, 5.74) is 0.0650. The van der Waals surface area contributed by atoms with Gasteiger partial charge in [0.05, 0.1) is 23.8 Å². The first kappa shape index (κ1) is 17.6. The van der Waals surface area contributed by atoms with Crippen LogP contribution in [0.1, 0.15) is 54.7 Å². The van der Waals surface area contributed by atoms with Crippen LogP contribution in [0.15, 0.2) is 42.9 Å². The zero-order chi connectivity index (χ0) is 19.0. The quantitative estimate of drug-likeness (QED) is 0.884. The average Bonchev–Trinajstić information content (AvgIpc) is 2.85. The highest BCUT2D eigenvalue weighted by Gasteiger charge is 2.53. The van der Waals surface area contributed by atoms with E-state index in [0.717, 1.165) is 0 Å². The fourth-order valence-electron chi connectivity index (χ4n) is 4.42. The Bertz CT molecular complexity index is 875. The van der Waals surface area contributed by atoms with E-state index in [1.54, 1.807) is 23.1 Å². The molecule has 1 aromatic carbocycles. The van der Waals surface area contributed by atoms with Crippen molar-refractivity contribution >= 4 is 11.8 Å². The fourth-order valence-corrected chi connectivity index (χ4v) is 4.42. The molecule has 0 saturated carbocycles. The maximum absolute atomic E-state index is 14.6. The van der Waals surface area contributed by atoms with E-state index in [2.05, 4.69) is 15.3 Å². The molecule has 0 radical (unpaired) electrons. The average molecular weight is 368 g/mol. The number of benzene rings is 1. The highest BCUT2D eigenvalue weighted by Crippen LogP contribution is 2.46. The van der Waals surface area contributed by atoms with Crippen molar-refractivity contribution in [3.8, 4) is 0 Å². The van der Waals surface area contributed by atoms with E-state index in [4.69, 9.17) is 0 Å². The van der Waals surface area contributed by atoms with Gasteiger partial charge in [0.1, 0.15) is 11.5 Å². The van der Waals surface area contributed by atoms with Crippen molar-refractivity contribution in [3.63, 3.8) is 0 Å². The Hall–Kier alpha value is -2.83. The van der Waals surface area contributed by atoms with E-state index in [1.807, 2.05) is 6.92 Å². The highest BCUT2D eigenvalue weighted by atomic mass is 19.1. The number of amides is 2. The molecular weight excluding hydrogens is 347 g/mol. The van der Waals surface area contributed by atoms with Gasteiger partial charge in [-0.1, -0.05) is 18.2 Å². The van der Waals surface area contributed by atoms with Crippen LogP contribution in [0.25, 0.3) is 0 Å². The summed E-state index contributed by atoms with van der Waals surface area (Å²) in [5.74, 6) is -0.673. The SMILES string of the molecule is C[C@]12C[C@@H](c3ccccc3F)N(C(=O)c3cnccn3)[C@H]1CCCC(=O)N2. The molecule has 2 saturated heterocycles. The highest BCUT2D eigenvalue weighted by molar-refractivity contribution is 5.93. The summed E-state index contributed by atoms with van der Waals surface area (Å²) in [6, 6.07) is 5.78. The van der Waals surface area contributed by atoms with Crippen LogP contribution in [0.3, 0.4) is 0 Å². The van der Waals surface area contributed by atoms with Crippen LogP contribution < -0.4 is 5.32 Å². The van der Waals surface area contributed by atoms with Gasteiger partial charge in [0.25, 0.3) is 5.91 Å². The molecule has 2 amide bonds. The lowest BCUT2D eigenvalue weighted by atomic mass is 9.88. The second kappa shape index (κ2) is 6.72. The third-order valence-corrected chi connectivity index (χ3v) is 5.61. The van der Waals surface area contributed by atoms with Gasteiger partial charge < -0.3 is 10.2 Å². The molecule has 27 heavy (non-hydrogen) atoms. The number of aromatic nitrogens is 2. The summed E-state index contributed by atoms with van der Waals surface area (Å²) < 4.78 is 14.6. The summed E-state index contributed by atoms with van der Waals surface area (Å²) in [5, 5.41) is 3.08. The number of rotatable bonds is 2. The summed E-state index contributed by atoms with van der Waals surface area (Å²) in [6.45, 7) is 1.94. The molecule has 1 N–H and O–H groups in total. The fraction of sp³-hybridized carbons (Fsp3) is 0.400. The molecule has 0 unspecified atom stereocenters.